The van der Waals surface area contributed by atoms with Gasteiger partial charge in [0.25, 0.3) is 6.02 Å². The first-order chi connectivity index (χ1) is 20.1. The summed E-state index contributed by atoms with van der Waals surface area (Å²) >= 11 is 0. The van der Waals surface area contributed by atoms with E-state index >= 15 is 0 Å². The van der Waals surface area contributed by atoms with Gasteiger partial charge in [0.1, 0.15) is 37.6 Å². The molecule has 0 unspecified atom stereocenters. The third kappa shape index (κ3) is 7.90. The summed E-state index contributed by atoms with van der Waals surface area (Å²) in [5, 5.41) is 2.88. The van der Waals surface area contributed by atoms with Crippen molar-refractivity contribution in [2.75, 3.05) is 13.2 Å². The van der Waals surface area contributed by atoms with Crippen molar-refractivity contribution in [2.24, 2.45) is 4.99 Å². The summed E-state index contributed by atoms with van der Waals surface area (Å²) in [7, 11) is 0. The summed E-state index contributed by atoms with van der Waals surface area (Å²) in [5.41, 5.74) is 0. The van der Waals surface area contributed by atoms with Crippen LogP contribution in [0.4, 0.5) is 0 Å². The van der Waals surface area contributed by atoms with Crippen molar-refractivity contribution in [2.45, 2.75) is 116 Å². The van der Waals surface area contributed by atoms with Crippen molar-refractivity contribution in [1.82, 2.24) is 5.32 Å². The van der Waals surface area contributed by atoms with E-state index in [1.807, 2.05) is 0 Å². The Bertz CT molecular complexity index is 1140. The van der Waals surface area contributed by atoms with Crippen molar-refractivity contribution in [3.8, 4) is 0 Å². The second-order valence-electron chi connectivity index (χ2n) is 10.7. The summed E-state index contributed by atoms with van der Waals surface area (Å²) < 4.78 is 56.3. The summed E-state index contributed by atoms with van der Waals surface area (Å²) in [5.74, 6) is -4.44. The molecule has 4 rings (SSSR count). The van der Waals surface area contributed by atoms with Gasteiger partial charge >= 0.3 is 29.8 Å². The number of hydrogen-bond acceptors (Lipinski definition) is 17. The van der Waals surface area contributed by atoms with Gasteiger partial charge in [0.05, 0.1) is 0 Å². The second kappa shape index (κ2) is 13.0. The molecule has 0 amide bonds. The number of rotatable bonds is 8. The first kappa shape index (κ1) is 32.4. The number of hydrogen-bond donors (Lipinski definition) is 1. The molecular weight excluding hydrogens is 580 g/mol. The lowest BCUT2D eigenvalue weighted by Gasteiger charge is -2.44. The van der Waals surface area contributed by atoms with E-state index in [4.69, 9.17) is 47.4 Å². The maximum absolute atomic E-state index is 12.1. The average molecular weight is 617 g/mol. The highest BCUT2D eigenvalue weighted by Gasteiger charge is 2.59. The smallest absolute Gasteiger partial charge is 0.305 e. The fraction of sp³-hybridized carbons (Fsp3) is 0.769. The van der Waals surface area contributed by atoms with E-state index in [0.717, 1.165) is 20.8 Å². The molecule has 0 bridgehead atoms. The van der Waals surface area contributed by atoms with Crippen LogP contribution in [-0.4, -0.2) is 116 Å². The molecule has 240 valence electrons. The number of nitrogens with one attached hydrogen (secondary N) is 1. The molecule has 4 heterocycles. The minimum Gasteiger partial charge on any atom is -0.463 e. The molecule has 0 aromatic heterocycles. The molecule has 0 aliphatic carbocycles. The van der Waals surface area contributed by atoms with Crippen LogP contribution < -0.4 is 5.32 Å². The van der Waals surface area contributed by atoms with Gasteiger partial charge in [-0.05, 0) is 13.8 Å². The zero-order valence-electron chi connectivity index (χ0n) is 24.8. The van der Waals surface area contributed by atoms with Crippen molar-refractivity contribution in [3.63, 3.8) is 0 Å². The van der Waals surface area contributed by atoms with Crippen molar-refractivity contribution in [1.29, 1.82) is 0 Å². The molecule has 17 nitrogen and oxygen atoms in total. The third-order valence-corrected chi connectivity index (χ3v) is 6.64. The topological polar surface area (TPSA) is 202 Å². The predicted octanol–water partition coefficient (Wildman–Crippen LogP) is -0.778. The van der Waals surface area contributed by atoms with E-state index < -0.39 is 104 Å². The quantitative estimate of drug-likeness (QED) is 0.263. The summed E-state index contributed by atoms with van der Waals surface area (Å²) in [6.45, 7) is 8.86. The summed E-state index contributed by atoms with van der Waals surface area (Å²) in [6.07, 6.45) is -9.58. The lowest BCUT2D eigenvalue weighted by Crippen LogP contribution is -2.66. The van der Waals surface area contributed by atoms with E-state index in [2.05, 4.69) is 10.3 Å². The second-order valence-corrected chi connectivity index (χ2v) is 10.7. The molecule has 17 heteroatoms. The van der Waals surface area contributed by atoms with Crippen LogP contribution in [0.3, 0.4) is 0 Å². The van der Waals surface area contributed by atoms with Gasteiger partial charge in [-0.25, -0.2) is 4.99 Å². The molecule has 4 aliphatic rings. The van der Waals surface area contributed by atoms with Crippen LogP contribution >= 0.6 is 0 Å². The van der Waals surface area contributed by atoms with Gasteiger partial charge < -0.3 is 52.7 Å². The zero-order valence-corrected chi connectivity index (χ0v) is 24.8. The van der Waals surface area contributed by atoms with E-state index in [1.54, 1.807) is 13.8 Å². The van der Waals surface area contributed by atoms with Gasteiger partial charge in [-0.2, -0.15) is 0 Å². The molecule has 0 aromatic rings. The molecule has 3 fully saturated rings. The maximum Gasteiger partial charge on any atom is 0.305 e. The molecule has 0 spiro atoms. The monoisotopic (exact) mass is 616 g/mol. The van der Waals surface area contributed by atoms with Gasteiger partial charge in [0.15, 0.2) is 36.4 Å². The normalized spacial score (nSPS) is 35.9. The van der Waals surface area contributed by atoms with E-state index in [0.29, 0.717) is 0 Å². The van der Waals surface area contributed by atoms with Gasteiger partial charge in [-0.15, -0.1) is 0 Å². The Morgan fingerprint density at radius 1 is 0.767 bits per heavy atom. The number of esters is 5. The molecular formula is C26H36N2O15. The molecule has 0 radical (unpaired) electrons. The Morgan fingerprint density at radius 3 is 1.95 bits per heavy atom. The average Bonchev–Trinajstić information content (AvgIpc) is 3.54. The first-order valence-corrected chi connectivity index (χ1v) is 13.6. The summed E-state index contributed by atoms with van der Waals surface area (Å²) in [4.78, 5) is 63.8. The number of aliphatic imine (C=N–C) groups is 1. The lowest BCUT2D eigenvalue weighted by atomic mass is 9.97. The number of fused-ring (bicyclic) bond motifs is 1. The van der Waals surface area contributed by atoms with Gasteiger partial charge in [-0.1, -0.05) is 0 Å². The van der Waals surface area contributed by atoms with Crippen LogP contribution in [0.1, 0.15) is 48.5 Å². The SMILES string of the molecule is CC(=O)OC[C@H]1O[C@@H](NC2=N[C@@H]([C@H]3O[C@H](OC(C)=O)[C@H]4OC(C)(C)O[C@H]43)CO2)[C@H](OC(C)=O)[C@@H](OC(C)=O)[C@@H]1OC(C)=O. The van der Waals surface area contributed by atoms with Crippen LogP contribution in [-0.2, 0) is 71.3 Å². The number of nitrogens with zero attached hydrogens (tertiary/aromatic N) is 1. The van der Waals surface area contributed by atoms with Crippen LogP contribution in [0.2, 0.25) is 0 Å². The van der Waals surface area contributed by atoms with Gasteiger partial charge in [0.2, 0.25) is 6.29 Å². The van der Waals surface area contributed by atoms with Crippen molar-refractivity contribution in [3.05, 3.63) is 0 Å². The molecule has 10 atom stereocenters. The summed E-state index contributed by atoms with van der Waals surface area (Å²) in [6, 6.07) is -0.709. The maximum atomic E-state index is 12.1. The molecule has 43 heavy (non-hydrogen) atoms. The van der Waals surface area contributed by atoms with E-state index in [1.165, 1.54) is 13.8 Å². The molecule has 1 N–H and O–H groups in total. The van der Waals surface area contributed by atoms with Gasteiger partial charge in [0, 0.05) is 34.6 Å². The fourth-order valence-corrected chi connectivity index (χ4v) is 5.26. The molecule has 0 aromatic carbocycles. The number of amidine groups is 1. The third-order valence-electron chi connectivity index (χ3n) is 6.64. The Hall–Kier alpha value is -3.54. The first-order valence-electron chi connectivity index (χ1n) is 13.6. The fourth-order valence-electron chi connectivity index (χ4n) is 5.26. The van der Waals surface area contributed by atoms with E-state index in [9.17, 15) is 24.0 Å². The number of ether oxygens (including phenoxy) is 10. The van der Waals surface area contributed by atoms with Crippen molar-refractivity contribution >= 4 is 35.9 Å². The lowest BCUT2D eigenvalue weighted by molar-refractivity contribution is -0.255. The predicted molar refractivity (Wildman–Crippen MR) is 137 cm³/mol. The number of carbonyl (C=O) groups is 5. The molecule has 3 saturated heterocycles. The zero-order chi connectivity index (χ0) is 31.6. The minimum atomic E-state index is -1.37. The Balaban J connectivity index is 1.58. The van der Waals surface area contributed by atoms with E-state index in [-0.39, 0.29) is 12.6 Å². The number of carbonyl (C=O) groups excluding carboxylic acids is 5. The highest BCUT2D eigenvalue weighted by Crippen LogP contribution is 2.41. The molecule has 0 saturated carbocycles. The molecule has 4 aliphatic heterocycles. The Morgan fingerprint density at radius 2 is 1.35 bits per heavy atom. The minimum absolute atomic E-state index is 0.0120. The Kier molecular flexibility index (Phi) is 9.78. The standard InChI is InChI=1S/C26H36N2O15/c1-10(29)34-9-16-18(36-11(2)30)19(37-12(3)31)21(38-13(4)32)23(40-16)28-25-27-15(8-35-25)17-20-22(43-26(6,7)42-20)24(41-17)39-14(5)33/h15-24H,8-9H2,1-7H3,(H,27,28)/t15-,16-,17-,18-,19+,20+,21-,22+,23-,24+/m1/s1. The highest BCUT2D eigenvalue weighted by molar-refractivity contribution is 5.76. The van der Waals surface area contributed by atoms with Crippen LogP contribution in [0.5, 0.6) is 0 Å². The largest absolute Gasteiger partial charge is 0.463 e. The highest BCUT2D eigenvalue weighted by atomic mass is 16.8. The van der Waals surface area contributed by atoms with Crippen LogP contribution in [0.15, 0.2) is 4.99 Å². The van der Waals surface area contributed by atoms with Crippen LogP contribution in [0, 0.1) is 0 Å². The van der Waals surface area contributed by atoms with Gasteiger partial charge in [-0.3, -0.25) is 24.0 Å². The van der Waals surface area contributed by atoms with Crippen LogP contribution in [0.25, 0.3) is 0 Å². The van der Waals surface area contributed by atoms with Crippen molar-refractivity contribution < 1.29 is 71.3 Å². The Labute approximate surface area is 246 Å².